The lowest BCUT2D eigenvalue weighted by atomic mass is 10.0. The molecule has 1 fully saturated rings. The molecular weight excluding hydrogens is 293 g/mol. The monoisotopic (exact) mass is 314 g/mol. The molecule has 6 heteroatoms. The number of hydrogen-bond donors (Lipinski definition) is 1. The molecule has 0 aliphatic carbocycles. The Morgan fingerprint density at radius 1 is 1.36 bits per heavy atom. The minimum Gasteiger partial charge on any atom is -0.334 e. The van der Waals surface area contributed by atoms with Gasteiger partial charge in [-0.3, -0.25) is 4.79 Å². The zero-order valence-corrected chi connectivity index (χ0v) is 12.8. The summed E-state index contributed by atoms with van der Waals surface area (Å²) in [6, 6.07) is 5.43. The minimum absolute atomic E-state index is 0.000949. The summed E-state index contributed by atoms with van der Waals surface area (Å²) in [6.07, 6.45) is -3.64. The van der Waals surface area contributed by atoms with Crippen molar-refractivity contribution in [3.05, 3.63) is 35.4 Å². The van der Waals surface area contributed by atoms with Crippen molar-refractivity contribution in [2.75, 3.05) is 13.1 Å². The number of alkyl halides is 3. The summed E-state index contributed by atoms with van der Waals surface area (Å²) in [5.41, 5.74) is -0.515. The van der Waals surface area contributed by atoms with Crippen LogP contribution in [0, 0.1) is 5.92 Å². The molecule has 1 saturated heterocycles. The standard InChI is InChI=1S/C16H21F3N2O/c1-11(2)15(22)21(13-7-8-20-9-13)10-12-5-3-4-6-14(12)16(17,18)19/h3-6,11,13,20H,7-10H2,1-2H3/t13-/m0/s1. The minimum atomic E-state index is -4.41. The molecule has 1 heterocycles. The number of benzene rings is 1. The van der Waals surface area contributed by atoms with Gasteiger partial charge in [-0.2, -0.15) is 13.2 Å². The molecule has 1 atom stereocenters. The fraction of sp³-hybridized carbons (Fsp3) is 0.562. The Balaban J connectivity index is 2.29. The Kier molecular flexibility index (Phi) is 5.11. The molecule has 0 aromatic heterocycles. The maximum Gasteiger partial charge on any atom is 0.416 e. The number of amides is 1. The van der Waals surface area contributed by atoms with Crippen LogP contribution in [0.25, 0.3) is 0 Å². The first-order valence-corrected chi connectivity index (χ1v) is 7.47. The van der Waals surface area contributed by atoms with Crippen molar-refractivity contribution in [1.82, 2.24) is 10.2 Å². The Bertz CT molecular complexity index is 522. The molecule has 1 aromatic carbocycles. The van der Waals surface area contributed by atoms with Crippen molar-refractivity contribution in [3.63, 3.8) is 0 Å². The molecule has 1 N–H and O–H groups in total. The molecule has 122 valence electrons. The number of rotatable bonds is 4. The summed E-state index contributed by atoms with van der Waals surface area (Å²) in [6.45, 7) is 4.96. The maximum atomic E-state index is 13.1. The number of nitrogens with one attached hydrogen (secondary N) is 1. The first-order chi connectivity index (χ1) is 10.3. The van der Waals surface area contributed by atoms with Gasteiger partial charge in [-0.15, -0.1) is 0 Å². The van der Waals surface area contributed by atoms with Crippen LogP contribution in [0.15, 0.2) is 24.3 Å². The number of carbonyl (C=O) groups excluding carboxylic acids is 1. The van der Waals surface area contributed by atoms with Gasteiger partial charge < -0.3 is 10.2 Å². The molecule has 0 unspecified atom stereocenters. The van der Waals surface area contributed by atoms with Gasteiger partial charge in [0.2, 0.25) is 5.91 Å². The summed E-state index contributed by atoms with van der Waals surface area (Å²) in [7, 11) is 0. The first kappa shape index (κ1) is 16.8. The largest absolute Gasteiger partial charge is 0.416 e. The Morgan fingerprint density at radius 2 is 2.05 bits per heavy atom. The molecule has 3 nitrogen and oxygen atoms in total. The first-order valence-electron chi connectivity index (χ1n) is 7.47. The van der Waals surface area contributed by atoms with E-state index in [2.05, 4.69) is 5.32 Å². The van der Waals surface area contributed by atoms with Crippen LogP contribution in [0.4, 0.5) is 13.2 Å². The van der Waals surface area contributed by atoms with E-state index < -0.39 is 11.7 Å². The smallest absolute Gasteiger partial charge is 0.334 e. The van der Waals surface area contributed by atoms with Gasteiger partial charge in [0.25, 0.3) is 0 Å². The van der Waals surface area contributed by atoms with E-state index in [1.54, 1.807) is 24.8 Å². The Morgan fingerprint density at radius 3 is 2.59 bits per heavy atom. The maximum absolute atomic E-state index is 13.1. The van der Waals surface area contributed by atoms with Crippen LogP contribution in [0.2, 0.25) is 0 Å². The highest BCUT2D eigenvalue weighted by Gasteiger charge is 2.35. The van der Waals surface area contributed by atoms with Crippen molar-refractivity contribution < 1.29 is 18.0 Å². The van der Waals surface area contributed by atoms with E-state index in [-0.39, 0.29) is 30.0 Å². The number of carbonyl (C=O) groups is 1. The molecule has 0 radical (unpaired) electrons. The fourth-order valence-electron chi connectivity index (χ4n) is 2.74. The van der Waals surface area contributed by atoms with E-state index in [9.17, 15) is 18.0 Å². The molecule has 1 amide bonds. The van der Waals surface area contributed by atoms with Gasteiger partial charge >= 0.3 is 6.18 Å². The van der Waals surface area contributed by atoms with Crippen LogP contribution in [0.3, 0.4) is 0 Å². The molecule has 1 aromatic rings. The predicted molar refractivity (Wildman–Crippen MR) is 78.1 cm³/mol. The van der Waals surface area contributed by atoms with Gasteiger partial charge in [0.1, 0.15) is 0 Å². The van der Waals surface area contributed by atoms with Crippen molar-refractivity contribution in [1.29, 1.82) is 0 Å². The van der Waals surface area contributed by atoms with Crippen molar-refractivity contribution in [2.24, 2.45) is 5.92 Å². The van der Waals surface area contributed by atoms with Crippen molar-refractivity contribution in [2.45, 2.75) is 39.0 Å². The molecular formula is C16H21F3N2O. The number of halogens is 3. The normalized spacial score (nSPS) is 18.7. The number of nitrogens with zero attached hydrogens (tertiary/aromatic N) is 1. The molecule has 22 heavy (non-hydrogen) atoms. The second-order valence-corrected chi connectivity index (χ2v) is 5.92. The van der Waals surface area contributed by atoms with E-state index in [0.29, 0.717) is 6.54 Å². The summed E-state index contributed by atoms with van der Waals surface area (Å²) < 4.78 is 39.4. The van der Waals surface area contributed by atoms with E-state index >= 15 is 0 Å². The summed E-state index contributed by atoms with van der Waals surface area (Å²) in [5.74, 6) is -0.343. The number of hydrogen-bond acceptors (Lipinski definition) is 2. The van der Waals surface area contributed by atoms with Crippen LogP contribution in [0.1, 0.15) is 31.4 Å². The molecule has 1 aliphatic rings. The third kappa shape index (κ3) is 3.80. The topological polar surface area (TPSA) is 32.3 Å². The second-order valence-electron chi connectivity index (χ2n) is 5.92. The van der Waals surface area contributed by atoms with Crippen LogP contribution in [-0.2, 0) is 17.5 Å². The lowest BCUT2D eigenvalue weighted by molar-refractivity contribution is -0.141. The van der Waals surface area contributed by atoms with Gasteiger partial charge in [-0.1, -0.05) is 32.0 Å². The molecule has 0 saturated carbocycles. The fourth-order valence-corrected chi connectivity index (χ4v) is 2.74. The van der Waals surface area contributed by atoms with Gasteiger partial charge in [0.15, 0.2) is 0 Å². The highest BCUT2D eigenvalue weighted by atomic mass is 19.4. The third-order valence-corrected chi connectivity index (χ3v) is 3.92. The lowest BCUT2D eigenvalue weighted by Gasteiger charge is -2.31. The highest BCUT2D eigenvalue weighted by molar-refractivity contribution is 5.78. The molecule has 0 spiro atoms. The summed E-state index contributed by atoms with van der Waals surface area (Å²) >= 11 is 0. The van der Waals surface area contributed by atoms with E-state index in [4.69, 9.17) is 0 Å². The van der Waals surface area contributed by atoms with Gasteiger partial charge in [-0.25, -0.2) is 0 Å². The van der Waals surface area contributed by atoms with E-state index in [0.717, 1.165) is 19.0 Å². The zero-order valence-electron chi connectivity index (χ0n) is 12.8. The third-order valence-electron chi connectivity index (χ3n) is 3.92. The van der Waals surface area contributed by atoms with Crippen molar-refractivity contribution >= 4 is 5.91 Å². The SMILES string of the molecule is CC(C)C(=O)N(Cc1ccccc1C(F)(F)F)[C@H]1CCNC1. The lowest BCUT2D eigenvalue weighted by Crippen LogP contribution is -2.43. The average molecular weight is 314 g/mol. The predicted octanol–water partition coefficient (Wildman–Crippen LogP) is 3.05. The van der Waals surface area contributed by atoms with Gasteiger partial charge in [-0.05, 0) is 24.6 Å². The summed E-state index contributed by atoms with van der Waals surface area (Å²) in [5, 5.41) is 3.16. The highest BCUT2D eigenvalue weighted by Crippen LogP contribution is 2.33. The average Bonchev–Trinajstić information content (AvgIpc) is 2.97. The van der Waals surface area contributed by atoms with Gasteiger partial charge in [0.05, 0.1) is 5.56 Å². The van der Waals surface area contributed by atoms with Crippen LogP contribution >= 0.6 is 0 Å². The van der Waals surface area contributed by atoms with Crippen molar-refractivity contribution in [3.8, 4) is 0 Å². The van der Waals surface area contributed by atoms with Crippen LogP contribution in [-0.4, -0.2) is 29.9 Å². The zero-order chi connectivity index (χ0) is 16.3. The summed E-state index contributed by atoms with van der Waals surface area (Å²) in [4.78, 5) is 14.0. The van der Waals surface area contributed by atoms with Gasteiger partial charge in [0, 0.05) is 25.0 Å². The Hall–Kier alpha value is -1.56. The molecule has 1 aliphatic heterocycles. The van der Waals surface area contributed by atoms with Crippen LogP contribution < -0.4 is 5.32 Å². The quantitative estimate of drug-likeness (QED) is 0.926. The van der Waals surface area contributed by atoms with E-state index in [1.807, 2.05) is 0 Å². The Labute approximate surface area is 128 Å². The molecule has 0 bridgehead atoms. The second kappa shape index (κ2) is 6.69. The van der Waals surface area contributed by atoms with E-state index in [1.165, 1.54) is 12.1 Å². The molecule has 2 rings (SSSR count). The van der Waals surface area contributed by atoms with Crippen LogP contribution in [0.5, 0.6) is 0 Å².